The van der Waals surface area contributed by atoms with E-state index in [1.807, 2.05) is 6.07 Å². The predicted molar refractivity (Wildman–Crippen MR) is 87.6 cm³/mol. The molecule has 0 radical (unpaired) electrons. The van der Waals surface area contributed by atoms with Crippen molar-refractivity contribution in [2.45, 2.75) is 45.1 Å². The Bertz CT molecular complexity index is 407. The van der Waals surface area contributed by atoms with Crippen molar-refractivity contribution in [1.29, 1.82) is 0 Å². The average Bonchev–Trinajstić information content (AvgIpc) is 2.41. The van der Waals surface area contributed by atoms with Crippen molar-refractivity contribution in [2.75, 3.05) is 0 Å². The third-order valence-corrected chi connectivity index (χ3v) is 5.52. The normalized spacial score (nSPS) is 26.0. The van der Waals surface area contributed by atoms with Crippen molar-refractivity contribution >= 4 is 38.5 Å². The number of benzene rings is 1. The quantitative estimate of drug-likeness (QED) is 0.655. The van der Waals surface area contributed by atoms with Crippen LogP contribution in [-0.4, -0.2) is 5.11 Å². The van der Waals surface area contributed by atoms with Gasteiger partial charge in [0.2, 0.25) is 0 Å². The molecule has 1 nitrogen and oxygen atoms in total. The Labute approximate surface area is 132 Å². The molecule has 1 fully saturated rings. The topological polar surface area (TPSA) is 20.2 Å². The van der Waals surface area contributed by atoms with E-state index in [0.717, 1.165) is 22.4 Å². The van der Waals surface area contributed by atoms with Crippen LogP contribution in [-0.2, 0) is 0 Å². The predicted octanol–water partition coefficient (Wildman–Crippen LogP) is 5.30. The van der Waals surface area contributed by atoms with Crippen molar-refractivity contribution in [3.8, 4) is 0 Å². The summed E-state index contributed by atoms with van der Waals surface area (Å²) in [6.45, 7) is 2.26. The molecule has 100 valence electrons. The minimum absolute atomic E-state index is 0.316. The molecule has 3 unspecified atom stereocenters. The van der Waals surface area contributed by atoms with Gasteiger partial charge >= 0.3 is 0 Å². The third kappa shape index (κ3) is 3.48. The molecular formula is C15H20BrIO. The Morgan fingerprint density at radius 2 is 2.22 bits per heavy atom. The van der Waals surface area contributed by atoms with Crippen molar-refractivity contribution in [1.82, 2.24) is 0 Å². The molecular weight excluding hydrogens is 403 g/mol. The second kappa shape index (κ2) is 6.71. The first-order valence-electron chi connectivity index (χ1n) is 6.74. The molecule has 18 heavy (non-hydrogen) atoms. The molecule has 1 N–H and O–H groups in total. The summed E-state index contributed by atoms with van der Waals surface area (Å²) in [5.41, 5.74) is 1.06. The Balaban J connectivity index is 2.14. The van der Waals surface area contributed by atoms with Crippen molar-refractivity contribution in [3.05, 3.63) is 31.8 Å². The molecule has 0 saturated heterocycles. The molecule has 1 aromatic rings. The molecule has 0 heterocycles. The van der Waals surface area contributed by atoms with Gasteiger partial charge in [-0.1, -0.05) is 42.1 Å². The van der Waals surface area contributed by atoms with Gasteiger partial charge in [0.05, 0.1) is 6.10 Å². The van der Waals surface area contributed by atoms with Gasteiger partial charge in [0.1, 0.15) is 0 Å². The molecule has 3 atom stereocenters. The maximum atomic E-state index is 10.6. The summed E-state index contributed by atoms with van der Waals surface area (Å²) in [5.74, 6) is 1.23. The molecule has 1 aliphatic carbocycles. The summed E-state index contributed by atoms with van der Waals surface area (Å²) >= 11 is 5.87. The molecule has 0 aromatic heterocycles. The molecule has 0 aliphatic heterocycles. The van der Waals surface area contributed by atoms with Gasteiger partial charge in [0.15, 0.2) is 0 Å². The monoisotopic (exact) mass is 422 g/mol. The Morgan fingerprint density at radius 1 is 1.44 bits per heavy atom. The van der Waals surface area contributed by atoms with Gasteiger partial charge in [-0.25, -0.2) is 0 Å². The van der Waals surface area contributed by atoms with Crippen LogP contribution in [0.2, 0.25) is 0 Å². The van der Waals surface area contributed by atoms with Gasteiger partial charge in [0, 0.05) is 8.04 Å². The summed E-state index contributed by atoms with van der Waals surface area (Å²) in [5, 5.41) is 10.6. The van der Waals surface area contributed by atoms with Crippen LogP contribution in [0.1, 0.15) is 50.7 Å². The first-order chi connectivity index (χ1) is 8.61. The number of rotatable bonds is 3. The summed E-state index contributed by atoms with van der Waals surface area (Å²) in [6, 6.07) is 6.21. The lowest BCUT2D eigenvalue weighted by molar-refractivity contribution is 0.0672. The highest BCUT2D eigenvalue weighted by Crippen LogP contribution is 2.40. The second-order valence-electron chi connectivity index (χ2n) is 5.31. The highest BCUT2D eigenvalue weighted by Gasteiger charge is 2.28. The Kier molecular flexibility index (Phi) is 5.51. The molecule has 1 saturated carbocycles. The molecule has 1 aliphatic rings. The highest BCUT2D eigenvalue weighted by molar-refractivity contribution is 14.1. The van der Waals surface area contributed by atoms with Gasteiger partial charge in [-0.3, -0.25) is 0 Å². The van der Waals surface area contributed by atoms with E-state index >= 15 is 0 Å². The molecule has 0 amide bonds. The maximum Gasteiger partial charge on any atom is 0.0829 e. The fourth-order valence-corrected chi connectivity index (χ4v) is 3.98. The largest absolute Gasteiger partial charge is 0.388 e. The van der Waals surface area contributed by atoms with Crippen LogP contribution in [0.5, 0.6) is 0 Å². The van der Waals surface area contributed by atoms with Crippen molar-refractivity contribution in [3.63, 3.8) is 0 Å². The number of hydrogen-bond acceptors (Lipinski definition) is 1. The van der Waals surface area contributed by atoms with Crippen LogP contribution < -0.4 is 0 Å². The van der Waals surface area contributed by atoms with Gasteiger partial charge in [-0.2, -0.15) is 0 Å². The molecule has 2 rings (SSSR count). The summed E-state index contributed by atoms with van der Waals surface area (Å²) in [4.78, 5) is 0. The van der Waals surface area contributed by atoms with Gasteiger partial charge < -0.3 is 5.11 Å². The molecule has 0 bridgehead atoms. The Hall–Kier alpha value is 0.390. The minimum atomic E-state index is -0.316. The van der Waals surface area contributed by atoms with E-state index in [2.05, 4.69) is 57.6 Å². The zero-order valence-electron chi connectivity index (χ0n) is 10.7. The van der Waals surface area contributed by atoms with Gasteiger partial charge in [0.25, 0.3) is 0 Å². The minimum Gasteiger partial charge on any atom is -0.388 e. The standard InChI is InChI=1S/C15H20BrIO/c1-2-10-4-3-5-11(8-10)15(18)13-9-12(17)6-7-14(13)16/h6-7,9-11,15,18H,2-5,8H2,1H3. The SMILES string of the molecule is CCC1CCCC(C(O)c2cc(I)ccc2Br)C1. The zero-order chi connectivity index (χ0) is 13.1. The van der Waals surface area contributed by atoms with E-state index in [0.29, 0.717) is 5.92 Å². The molecule has 3 heteroatoms. The molecule has 1 aromatic carbocycles. The Morgan fingerprint density at radius 3 is 2.94 bits per heavy atom. The fraction of sp³-hybridized carbons (Fsp3) is 0.600. The van der Waals surface area contributed by atoms with Gasteiger partial charge in [-0.05, 0) is 71.0 Å². The van der Waals surface area contributed by atoms with Crippen molar-refractivity contribution in [2.24, 2.45) is 11.8 Å². The lowest BCUT2D eigenvalue weighted by atomic mass is 9.76. The average molecular weight is 423 g/mol. The number of aliphatic hydroxyl groups is 1. The first-order valence-corrected chi connectivity index (χ1v) is 8.62. The smallest absolute Gasteiger partial charge is 0.0829 e. The van der Waals surface area contributed by atoms with Crippen LogP contribution >= 0.6 is 38.5 Å². The van der Waals surface area contributed by atoms with E-state index in [9.17, 15) is 5.11 Å². The number of hydrogen-bond donors (Lipinski definition) is 1. The highest BCUT2D eigenvalue weighted by atomic mass is 127. The first kappa shape index (κ1) is 14.8. The fourth-order valence-electron chi connectivity index (χ4n) is 2.99. The lowest BCUT2D eigenvalue weighted by Crippen LogP contribution is -2.21. The van der Waals surface area contributed by atoms with Crippen LogP contribution in [0.25, 0.3) is 0 Å². The maximum absolute atomic E-state index is 10.6. The molecule has 0 spiro atoms. The van der Waals surface area contributed by atoms with Crippen LogP contribution in [0.15, 0.2) is 22.7 Å². The van der Waals surface area contributed by atoms with E-state index < -0.39 is 0 Å². The zero-order valence-corrected chi connectivity index (χ0v) is 14.4. The van der Waals surface area contributed by atoms with Gasteiger partial charge in [-0.15, -0.1) is 0 Å². The van der Waals surface area contributed by atoms with E-state index in [1.165, 1.54) is 29.3 Å². The number of aliphatic hydroxyl groups excluding tert-OH is 1. The number of halogens is 2. The van der Waals surface area contributed by atoms with E-state index in [4.69, 9.17) is 0 Å². The van der Waals surface area contributed by atoms with E-state index in [-0.39, 0.29) is 6.10 Å². The van der Waals surface area contributed by atoms with Crippen LogP contribution in [0, 0.1) is 15.4 Å². The lowest BCUT2D eigenvalue weighted by Gasteiger charge is -2.32. The van der Waals surface area contributed by atoms with Crippen LogP contribution in [0.4, 0.5) is 0 Å². The summed E-state index contributed by atoms with van der Waals surface area (Å²) in [6.07, 6.45) is 5.88. The second-order valence-corrected chi connectivity index (χ2v) is 7.41. The summed E-state index contributed by atoms with van der Waals surface area (Å²) < 4.78 is 2.22. The van der Waals surface area contributed by atoms with Crippen molar-refractivity contribution < 1.29 is 5.11 Å². The van der Waals surface area contributed by atoms with Crippen LogP contribution in [0.3, 0.4) is 0 Å². The third-order valence-electron chi connectivity index (χ3n) is 4.12. The van der Waals surface area contributed by atoms with E-state index in [1.54, 1.807) is 0 Å². The summed E-state index contributed by atoms with van der Waals surface area (Å²) in [7, 11) is 0.